The van der Waals surface area contributed by atoms with Crippen LogP contribution in [0.25, 0.3) is 10.9 Å². The molecule has 0 amide bonds. The van der Waals surface area contributed by atoms with Gasteiger partial charge in [0.1, 0.15) is 0 Å². The van der Waals surface area contributed by atoms with E-state index < -0.39 is 0 Å². The van der Waals surface area contributed by atoms with Crippen molar-refractivity contribution in [3.63, 3.8) is 0 Å². The minimum absolute atomic E-state index is 0.142. The van der Waals surface area contributed by atoms with Crippen LogP contribution < -0.4 is 5.32 Å². The summed E-state index contributed by atoms with van der Waals surface area (Å²) in [5.41, 5.74) is 7.28. The van der Waals surface area contributed by atoms with Crippen molar-refractivity contribution in [1.29, 1.82) is 0 Å². The summed E-state index contributed by atoms with van der Waals surface area (Å²) in [6.07, 6.45) is 6.83. The molecule has 6 rings (SSSR count). The number of benzene rings is 2. The molecule has 2 unspecified atom stereocenters. The molecule has 0 radical (unpaired) electrons. The van der Waals surface area contributed by atoms with Gasteiger partial charge in [-0.3, -0.25) is 14.8 Å². The highest BCUT2D eigenvalue weighted by molar-refractivity contribution is 6.04. The molecule has 2 aromatic carbocycles. The fraction of sp³-hybridized carbons (Fsp3) is 0.148. The van der Waals surface area contributed by atoms with Crippen molar-refractivity contribution in [2.24, 2.45) is 0 Å². The third-order valence-electron chi connectivity index (χ3n) is 6.49. The van der Waals surface area contributed by atoms with Crippen molar-refractivity contribution < 1.29 is 4.79 Å². The molecule has 2 aliphatic rings. The Kier molecular flexibility index (Phi) is 4.17. The molecule has 0 saturated heterocycles. The monoisotopic (exact) mass is 403 g/mol. The minimum Gasteiger partial charge on any atom is -0.358 e. The third-order valence-corrected chi connectivity index (χ3v) is 6.49. The van der Waals surface area contributed by atoms with Gasteiger partial charge in [-0.05, 0) is 53.3 Å². The Balaban J connectivity index is 1.56. The number of carbonyl (C=O) groups is 1. The number of rotatable bonds is 2. The molecule has 1 N–H and O–H groups in total. The summed E-state index contributed by atoms with van der Waals surface area (Å²) in [4.78, 5) is 22.5. The lowest BCUT2D eigenvalue weighted by Gasteiger charge is -2.37. The summed E-state index contributed by atoms with van der Waals surface area (Å²) in [6.45, 7) is 0. The SMILES string of the molecule is O=C1CC(c2ccccc2)CC2=C1C(c1cccnc1)c1c(ccc3ncccc13)N2. The van der Waals surface area contributed by atoms with Gasteiger partial charge in [-0.2, -0.15) is 0 Å². The number of nitrogens with zero attached hydrogens (tertiary/aromatic N) is 2. The lowest BCUT2D eigenvalue weighted by molar-refractivity contribution is -0.116. The van der Waals surface area contributed by atoms with Gasteiger partial charge in [0.05, 0.1) is 5.52 Å². The van der Waals surface area contributed by atoms with Gasteiger partial charge in [-0.1, -0.05) is 42.5 Å². The van der Waals surface area contributed by atoms with Crippen LogP contribution in [0.2, 0.25) is 0 Å². The highest BCUT2D eigenvalue weighted by atomic mass is 16.1. The Morgan fingerprint density at radius 1 is 0.839 bits per heavy atom. The first-order chi connectivity index (χ1) is 15.3. The van der Waals surface area contributed by atoms with Crippen molar-refractivity contribution in [1.82, 2.24) is 9.97 Å². The Hall–Kier alpha value is -3.79. The molecule has 1 aliphatic carbocycles. The first kappa shape index (κ1) is 18.0. The predicted molar refractivity (Wildman–Crippen MR) is 122 cm³/mol. The van der Waals surface area contributed by atoms with E-state index in [0.29, 0.717) is 6.42 Å². The summed E-state index contributed by atoms with van der Waals surface area (Å²) < 4.78 is 0. The molecule has 2 aromatic heterocycles. The molecule has 0 fully saturated rings. The van der Waals surface area contributed by atoms with E-state index in [4.69, 9.17) is 0 Å². The molecule has 150 valence electrons. The number of carbonyl (C=O) groups excluding carboxylic acids is 1. The Morgan fingerprint density at radius 3 is 2.52 bits per heavy atom. The number of fused-ring (bicyclic) bond motifs is 3. The van der Waals surface area contributed by atoms with E-state index in [1.807, 2.05) is 48.8 Å². The number of pyridine rings is 2. The lowest BCUT2D eigenvalue weighted by atomic mass is 9.71. The van der Waals surface area contributed by atoms with Crippen molar-refractivity contribution >= 4 is 22.4 Å². The summed E-state index contributed by atoms with van der Waals surface area (Å²) >= 11 is 0. The van der Waals surface area contributed by atoms with E-state index >= 15 is 0 Å². The number of allylic oxidation sites excluding steroid dienone is 2. The van der Waals surface area contributed by atoms with Crippen LogP contribution in [0.15, 0.2) is 96.6 Å². The molecule has 0 spiro atoms. The number of Topliss-reactive ketones (excluding diaryl/α,β-unsaturated/α-hetero) is 1. The second-order valence-corrected chi connectivity index (χ2v) is 8.27. The maximum Gasteiger partial charge on any atom is 0.162 e. The highest BCUT2D eigenvalue weighted by Gasteiger charge is 2.39. The molecule has 4 aromatic rings. The molecule has 4 nitrogen and oxygen atoms in total. The normalized spacial score (nSPS) is 20.2. The van der Waals surface area contributed by atoms with E-state index in [2.05, 4.69) is 45.6 Å². The average molecular weight is 403 g/mol. The molecule has 4 heteroatoms. The maximum atomic E-state index is 13.6. The van der Waals surface area contributed by atoms with Gasteiger partial charge < -0.3 is 5.32 Å². The minimum atomic E-state index is -0.142. The predicted octanol–water partition coefficient (Wildman–Crippen LogP) is 5.59. The molecular formula is C27H21N3O. The zero-order valence-corrected chi connectivity index (χ0v) is 17.0. The van der Waals surface area contributed by atoms with Crippen molar-refractivity contribution in [2.75, 3.05) is 5.32 Å². The highest BCUT2D eigenvalue weighted by Crippen LogP contribution is 2.49. The van der Waals surface area contributed by atoms with Gasteiger partial charge in [-0.15, -0.1) is 0 Å². The van der Waals surface area contributed by atoms with E-state index in [-0.39, 0.29) is 17.6 Å². The second kappa shape index (κ2) is 7.17. The Bertz CT molecular complexity index is 1330. The fourth-order valence-corrected chi connectivity index (χ4v) is 5.13. The number of nitrogens with one attached hydrogen (secondary N) is 1. The lowest BCUT2D eigenvalue weighted by Crippen LogP contribution is -2.30. The quantitative estimate of drug-likeness (QED) is 0.474. The van der Waals surface area contributed by atoms with Crippen LogP contribution in [0.1, 0.15) is 41.4 Å². The van der Waals surface area contributed by atoms with Crippen molar-refractivity contribution in [3.8, 4) is 0 Å². The van der Waals surface area contributed by atoms with E-state index in [1.54, 1.807) is 6.20 Å². The van der Waals surface area contributed by atoms with Crippen LogP contribution in [0.4, 0.5) is 5.69 Å². The third kappa shape index (κ3) is 2.95. The second-order valence-electron chi connectivity index (χ2n) is 8.27. The van der Waals surface area contributed by atoms with E-state index in [9.17, 15) is 4.79 Å². The summed E-state index contributed by atoms with van der Waals surface area (Å²) in [5.74, 6) is 0.262. The van der Waals surface area contributed by atoms with Gasteiger partial charge in [0.25, 0.3) is 0 Å². The van der Waals surface area contributed by atoms with Crippen molar-refractivity contribution in [3.05, 3.63) is 113 Å². The van der Waals surface area contributed by atoms with Crippen LogP contribution in [0.5, 0.6) is 0 Å². The maximum absolute atomic E-state index is 13.6. The standard InChI is InChI=1S/C27H21N3O/c31-24-15-19(17-6-2-1-3-7-17)14-23-27(24)25(18-8-4-12-28-16-18)26-20-9-5-13-29-21(20)10-11-22(26)30-23/h1-13,16,19,25,30H,14-15H2. The van der Waals surface area contributed by atoms with Crippen LogP contribution in [-0.4, -0.2) is 15.8 Å². The number of ketones is 1. The number of hydrogen-bond acceptors (Lipinski definition) is 4. The van der Waals surface area contributed by atoms with Gasteiger partial charge in [-0.25, -0.2) is 0 Å². The van der Waals surface area contributed by atoms with E-state index in [1.165, 1.54) is 5.56 Å². The van der Waals surface area contributed by atoms with Gasteiger partial charge in [0.2, 0.25) is 0 Å². The molecule has 0 saturated carbocycles. The van der Waals surface area contributed by atoms with Gasteiger partial charge in [0.15, 0.2) is 5.78 Å². The van der Waals surface area contributed by atoms with Crippen LogP contribution in [-0.2, 0) is 4.79 Å². The summed E-state index contributed by atoms with van der Waals surface area (Å²) in [7, 11) is 0. The van der Waals surface area contributed by atoms with E-state index in [0.717, 1.165) is 45.4 Å². The van der Waals surface area contributed by atoms with Gasteiger partial charge in [0, 0.05) is 53.3 Å². The first-order valence-electron chi connectivity index (χ1n) is 10.7. The molecule has 0 bridgehead atoms. The largest absolute Gasteiger partial charge is 0.358 e. The summed E-state index contributed by atoms with van der Waals surface area (Å²) in [6, 6.07) is 22.6. The zero-order chi connectivity index (χ0) is 20.8. The number of aromatic nitrogens is 2. The molecule has 3 heterocycles. The summed E-state index contributed by atoms with van der Waals surface area (Å²) in [5, 5.41) is 4.71. The number of hydrogen-bond donors (Lipinski definition) is 1. The molecular weight excluding hydrogens is 382 g/mol. The molecule has 1 aliphatic heterocycles. The smallest absolute Gasteiger partial charge is 0.162 e. The zero-order valence-electron chi connectivity index (χ0n) is 17.0. The first-order valence-corrected chi connectivity index (χ1v) is 10.7. The van der Waals surface area contributed by atoms with Crippen molar-refractivity contribution in [2.45, 2.75) is 24.7 Å². The Morgan fingerprint density at radius 2 is 1.68 bits per heavy atom. The van der Waals surface area contributed by atoms with Crippen LogP contribution in [0.3, 0.4) is 0 Å². The molecule has 31 heavy (non-hydrogen) atoms. The van der Waals surface area contributed by atoms with Crippen LogP contribution >= 0.6 is 0 Å². The Labute approximate surface area is 180 Å². The molecule has 2 atom stereocenters. The van der Waals surface area contributed by atoms with Crippen LogP contribution in [0, 0.1) is 0 Å². The topological polar surface area (TPSA) is 54.9 Å². The fourth-order valence-electron chi connectivity index (χ4n) is 5.13. The average Bonchev–Trinajstić information content (AvgIpc) is 2.83. The number of anilines is 1. The van der Waals surface area contributed by atoms with Gasteiger partial charge >= 0.3 is 0 Å².